The van der Waals surface area contributed by atoms with Gasteiger partial charge in [0.25, 0.3) is 0 Å². The van der Waals surface area contributed by atoms with Gasteiger partial charge in [0.05, 0.1) is 23.7 Å². The van der Waals surface area contributed by atoms with Crippen LogP contribution in [0.2, 0.25) is 0 Å². The number of carbonyl (C=O) groups is 1. The van der Waals surface area contributed by atoms with E-state index in [2.05, 4.69) is 4.98 Å². The first-order valence-electron chi connectivity index (χ1n) is 7.18. The standard InChI is InChI=1S/C18H14FNO3S/c1-23-15-7-6-11(9-13(15)19)8-12(10-17(21)22)18-20-14-4-2-3-5-16(14)24-18/h2-9H,10H2,1H3,(H,21,22)/b12-8+. The van der Waals surface area contributed by atoms with Gasteiger partial charge in [0.1, 0.15) is 5.01 Å². The Kier molecular flexibility index (Phi) is 4.57. The zero-order chi connectivity index (χ0) is 17.1. The maximum Gasteiger partial charge on any atom is 0.307 e. The van der Waals surface area contributed by atoms with Gasteiger partial charge in [-0.15, -0.1) is 11.3 Å². The number of fused-ring (bicyclic) bond motifs is 1. The number of benzene rings is 2. The average Bonchev–Trinajstić information content (AvgIpc) is 2.98. The minimum Gasteiger partial charge on any atom is -0.494 e. The lowest BCUT2D eigenvalue weighted by Gasteiger charge is -2.04. The molecule has 1 N–H and O–H groups in total. The van der Waals surface area contributed by atoms with Crippen LogP contribution in [0, 0.1) is 5.82 Å². The molecule has 0 aliphatic carbocycles. The molecule has 2 aromatic carbocycles. The summed E-state index contributed by atoms with van der Waals surface area (Å²) in [5.74, 6) is -1.31. The van der Waals surface area contributed by atoms with Crippen molar-refractivity contribution in [2.45, 2.75) is 6.42 Å². The molecule has 0 unspecified atom stereocenters. The summed E-state index contributed by atoms with van der Waals surface area (Å²) in [6, 6.07) is 12.1. The molecule has 24 heavy (non-hydrogen) atoms. The maximum absolute atomic E-state index is 13.8. The molecular weight excluding hydrogens is 329 g/mol. The first-order valence-corrected chi connectivity index (χ1v) is 8.00. The predicted octanol–water partition coefficient (Wildman–Crippen LogP) is 4.46. The lowest BCUT2D eigenvalue weighted by atomic mass is 10.1. The molecule has 0 radical (unpaired) electrons. The molecule has 0 spiro atoms. The predicted molar refractivity (Wildman–Crippen MR) is 92.7 cm³/mol. The molecule has 1 aromatic heterocycles. The second kappa shape index (κ2) is 6.80. The van der Waals surface area contributed by atoms with Crippen LogP contribution in [0.3, 0.4) is 0 Å². The SMILES string of the molecule is COc1ccc(/C=C(\CC(=O)O)c2nc3ccccc3s2)cc1F. The molecule has 0 bridgehead atoms. The highest BCUT2D eigenvalue weighted by Gasteiger charge is 2.13. The zero-order valence-electron chi connectivity index (χ0n) is 12.8. The van der Waals surface area contributed by atoms with Crippen LogP contribution in [-0.4, -0.2) is 23.2 Å². The van der Waals surface area contributed by atoms with Crippen molar-refractivity contribution in [3.63, 3.8) is 0 Å². The molecule has 4 nitrogen and oxygen atoms in total. The van der Waals surface area contributed by atoms with Gasteiger partial charge in [-0.3, -0.25) is 4.79 Å². The summed E-state index contributed by atoms with van der Waals surface area (Å²) < 4.78 is 19.7. The Balaban J connectivity index is 2.05. The van der Waals surface area contributed by atoms with E-state index in [1.807, 2.05) is 24.3 Å². The van der Waals surface area contributed by atoms with Gasteiger partial charge in [-0.2, -0.15) is 0 Å². The highest BCUT2D eigenvalue weighted by molar-refractivity contribution is 7.19. The van der Waals surface area contributed by atoms with Crippen molar-refractivity contribution < 1.29 is 19.0 Å². The highest BCUT2D eigenvalue weighted by atomic mass is 32.1. The van der Waals surface area contributed by atoms with Gasteiger partial charge in [0.2, 0.25) is 0 Å². The van der Waals surface area contributed by atoms with Crippen molar-refractivity contribution >= 4 is 39.2 Å². The molecule has 0 saturated heterocycles. The number of carboxylic acid groups (broad SMARTS) is 1. The number of hydrogen-bond acceptors (Lipinski definition) is 4. The fourth-order valence-electron chi connectivity index (χ4n) is 2.33. The largest absolute Gasteiger partial charge is 0.494 e. The smallest absolute Gasteiger partial charge is 0.307 e. The van der Waals surface area contributed by atoms with Crippen molar-refractivity contribution in [1.82, 2.24) is 4.98 Å². The van der Waals surface area contributed by atoms with Gasteiger partial charge in [-0.1, -0.05) is 18.2 Å². The van der Waals surface area contributed by atoms with Gasteiger partial charge in [0, 0.05) is 0 Å². The third kappa shape index (κ3) is 3.44. The van der Waals surface area contributed by atoms with Crippen LogP contribution >= 0.6 is 11.3 Å². The number of halogens is 1. The Morgan fingerprint density at radius 2 is 2.12 bits per heavy atom. The van der Waals surface area contributed by atoms with Crippen LogP contribution in [0.25, 0.3) is 21.9 Å². The van der Waals surface area contributed by atoms with E-state index in [0.717, 1.165) is 10.2 Å². The average molecular weight is 343 g/mol. The number of methoxy groups -OCH3 is 1. The van der Waals surface area contributed by atoms with E-state index >= 15 is 0 Å². The third-order valence-electron chi connectivity index (χ3n) is 3.43. The number of rotatable bonds is 5. The lowest BCUT2D eigenvalue weighted by molar-refractivity contribution is -0.135. The van der Waals surface area contributed by atoms with Gasteiger partial charge >= 0.3 is 5.97 Å². The lowest BCUT2D eigenvalue weighted by Crippen LogP contribution is -1.97. The van der Waals surface area contributed by atoms with Crippen molar-refractivity contribution in [2.24, 2.45) is 0 Å². The number of hydrogen-bond donors (Lipinski definition) is 1. The quantitative estimate of drug-likeness (QED) is 0.743. The van der Waals surface area contributed by atoms with E-state index in [1.165, 1.54) is 30.6 Å². The monoisotopic (exact) mass is 343 g/mol. The Bertz CT molecular complexity index is 900. The third-order valence-corrected chi connectivity index (χ3v) is 4.54. The molecule has 6 heteroatoms. The number of carboxylic acids is 1. The summed E-state index contributed by atoms with van der Waals surface area (Å²) in [5.41, 5.74) is 1.91. The fraction of sp³-hybridized carbons (Fsp3) is 0.111. The first-order chi connectivity index (χ1) is 11.6. The number of nitrogens with zero attached hydrogens (tertiary/aromatic N) is 1. The molecule has 0 fully saturated rings. The minimum atomic E-state index is -0.963. The van der Waals surface area contributed by atoms with E-state index < -0.39 is 11.8 Å². The normalized spacial score (nSPS) is 11.7. The molecule has 1 heterocycles. The van der Waals surface area contributed by atoms with Crippen molar-refractivity contribution in [3.8, 4) is 5.75 Å². The van der Waals surface area contributed by atoms with Gasteiger partial charge in [0.15, 0.2) is 11.6 Å². The first kappa shape index (κ1) is 16.1. The molecule has 3 aromatic rings. The number of ether oxygens (including phenoxy) is 1. The van der Waals surface area contributed by atoms with Crippen LogP contribution in [0.1, 0.15) is 17.0 Å². The van der Waals surface area contributed by atoms with Crippen LogP contribution in [0.15, 0.2) is 42.5 Å². The zero-order valence-corrected chi connectivity index (χ0v) is 13.6. The van der Waals surface area contributed by atoms with E-state index in [4.69, 9.17) is 4.74 Å². The minimum absolute atomic E-state index is 0.145. The van der Waals surface area contributed by atoms with Gasteiger partial charge < -0.3 is 9.84 Å². The molecule has 122 valence electrons. The number of aliphatic carboxylic acids is 1. The van der Waals surface area contributed by atoms with Crippen LogP contribution in [0.5, 0.6) is 5.75 Å². The van der Waals surface area contributed by atoms with Crippen molar-refractivity contribution in [2.75, 3.05) is 7.11 Å². The molecule has 0 saturated carbocycles. The summed E-state index contributed by atoms with van der Waals surface area (Å²) in [4.78, 5) is 15.7. The Labute approximate surface area is 141 Å². The molecular formula is C18H14FNO3S. The number of para-hydroxylation sites is 1. The van der Waals surface area contributed by atoms with Gasteiger partial charge in [-0.25, -0.2) is 9.37 Å². The van der Waals surface area contributed by atoms with Crippen molar-refractivity contribution in [3.05, 3.63) is 58.9 Å². The number of thiazole rings is 1. The molecule has 0 aliphatic rings. The van der Waals surface area contributed by atoms with Crippen LogP contribution in [0.4, 0.5) is 4.39 Å². The van der Waals surface area contributed by atoms with Crippen LogP contribution < -0.4 is 4.74 Å². The van der Waals surface area contributed by atoms with Crippen LogP contribution in [-0.2, 0) is 4.79 Å². The summed E-state index contributed by atoms with van der Waals surface area (Å²) in [7, 11) is 1.39. The molecule has 0 amide bonds. The second-order valence-corrected chi connectivity index (χ2v) is 6.15. The maximum atomic E-state index is 13.8. The number of aromatic nitrogens is 1. The van der Waals surface area contributed by atoms with E-state index in [1.54, 1.807) is 12.1 Å². The summed E-state index contributed by atoms with van der Waals surface area (Å²) in [5, 5.41) is 9.80. The summed E-state index contributed by atoms with van der Waals surface area (Å²) in [6.07, 6.45) is 1.46. The fourth-order valence-corrected chi connectivity index (χ4v) is 3.31. The van der Waals surface area contributed by atoms with E-state index in [-0.39, 0.29) is 12.2 Å². The van der Waals surface area contributed by atoms with Crippen molar-refractivity contribution in [1.29, 1.82) is 0 Å². The summed E-state index contributed by atoms with van der Waals surface area (Å²) in [6.45, 7) is 0. The van der Waals surface area contributed by atoms with E-state index in [9.17, 15) is 14.3 Å². The molecule has 3 rings (SSSR count). The second-order valence-electron chi connectivity index (χ2n) is 5.12. The Morgan fingerprint density at radius 1 is 1.33 bits per heavy atom. The Morgan fingerprint density at radius 3 is 2.79 bits per heavy atom. The highest BCUT2D eigenvalue weighted by Crippen LogP contribution is 2.30. The topological polar surface area (TPSA) is 59.4 Å². The Hall–Kier alpha value is -2.73. The summed E-state index contributed by atoms with van der Waals surface area (Å²) >= 11 is 1.42. The molecule has 0 atom stereocenters. The van der Waals surface area contributed by atoms with E-state index in [0.29, 0.717) is 16.1 Å². The van der Waals surface area contributed by atoms with Gasteiger partial charge in [-0.05, 0) is 41.5 Å². The molecule has 0 aliphatic heterocycles.